The molecular formula is C18H21N5. The Bertz CT molecular complexity index is 824. The molecule has 0 saturated carbocycles. The summed E-state index contributed by atoms with van der Waals surface area (Å²) in [6.45, 7) is 3.33. The molecule has 4 rings (SSSR count). The van der Waals surface area contributed by atoms with E-state index in [-0.39, 0.29) is 0 Å². The Kier molecular flexibility index (Phi) is 3.41. The summed E-state index contributed by atoms with van der Waals surface area (Å²) in [5.41, 5.74) is 9.07. The monoisotopic (exact) mass is 307 g/mol. The average molecular weight is 307 g/mol. The number of hydrogen-bond donors (Lipinski definition) is 2. The van der Waals surface area contributed by atoms with Gasteiger partial charge < -0.3 is 10.6 Å². The third-order valence-electron chi connectivity index (χ3n) is 4.73. The number of nitrogens with one attached hydrogen (secondary N) is 1. The number of rotatable bonds is 2. The summed E-state index contributed by atoms with van der Waals surface area (Å²) < 4.78 is 0. The minimum absolute atomic E-state index is 0.504. The van der Waals surface area contributed by atoms with Gasteiger partial charge in [0.05, 0.1) is 5.39 Å². The van der Waals surface area contributed by atoms with Crippen LogP contribution in [0.4, 0.5) is 11.6 Å². The van der Waals surface area contributed by atoms with Crippen molar-refractivity contribution in [2.45, 2.75) is 32.2 Å². The number of aromatic nitrogens is 3. The molecule has 1 aromatic carbocycles. The highest BCUT2D eigenvalue weighted by atomic mass is 15.2. The zero-order valence-corrected chi connectivity index (χ0v) is 13.3. The van der Waals surface area contributed by atoms with Crippen LogP contribution in [-0.2, 0) is 0 Å². The summed E-state index contributed by atoms with van der Waals surface area (Å²) in [6, 6.07) is 13.0. The molecule has 118 valence electrons. The first-order valence-corrected chi connectivity index (χ1v) is 8.20. The maximum Gasteiger partial charge on any atom is 0.160 e. The van der Waals surface area contributed by atoms with Crippen molar-refractivity contribution in [2.75, 3.05) is 17.2 Å². The van der Waals surface area contributed by atoms with E-state index in [1.807, 2.05) is 18.2 Å². The molecule has 1 fully saturated rings. The lowest BCUT2D eigenvalue weighted by atomic mass is 10.0. The molecular weight excluding hydrogens is 286 g/mol. The maximum atomic E-state index is 6.07. The van der Waals surface area contributed by atoms with Crippen molar-refractivity contribution in [2.24, 2.45) is 0 Å². The standard InChI is InChI=1S/C18H21N5/c1-12-7-5-6-10-23(12)15-11-14(13-8-3-2-4-9-13)16-17(19)21-22-18(16)20-15/h2-4,8-9,11-12H,5-7,10H2,1H3,(H3,19,20,21,22). The Labute approximate surface area is 135 Å². The first-order valence-electron chi connectivity index (χ1n) is 8.20. The number of anilines is 2. The van der Waals surface area contributed by atoms with E-state index in [1.54, 1.807) is 0 Å². The number of aromatic amines is 1. The Morgan fingerprint density at radius 1 is 1.22 bits per heavy atom. The second-order valence-corrected chi connectivity index (χ2v) is 6.26. The van der Waals surface area contributed by atoms with Crippen molar-refractivity contribution in [3.63, 3.8) is 0 Å². The molecule has 3 heterocycles. The van der Waals surface area contributed by atoms with Gasteiger partial charge in [-0.15, -0.1) is 0 Å². The molecule has 1 aliphatic heterocycles. The van der Waals surface area contributed by atoms with Crippen LogP contribution in [-0.4, -0.2) is 27.8 Å². The van der Waals surface area contributed by atoms with E-state index >= 15 is 0 Å². The highest BCUT2D eigenvalue weighted by molar-refractivity contribution is 6.01. The summed E-state index contributed by atoms with van der Waals surface area (Å²) in [5.74, 6) is 1.51. The quantitative estimate of drug-likeness (QED) is 0.759. The van der Waals surface area contributed by atoms with Gasteiger partial charge in [-0.25, -0.2) is 4.98 Å². The Morgan fingerprint density at radius 2 is 2.04 bits per heavy atom. The Balaban J connectivity index is 1.91. The van der Waals surface area contributed by atoms with Gasteiger partial charge >= 0.3 is 0 Å². The number of fused-ring (bicyclic) bond motifs is 1. The molecule has 0 amide bonds. The molecule has 3 N–H and O–H groups in total. The van der Waals surface area contributed by atoms with Crippen LogP contribution in [0, 0.1) is 0 Å². The number of nitrogens with zero attached hydrogens (tertiary/aromatic N) is 3. The summed E-state index contributed by atoms with van der Waals surface area (Å²) in [4.78, 5) is 7.18. The topological polar surface area (TPSA) is 70.8 Å². The van der Waals surface area contributed by atoms with E-state index in [0.717, 1.165) is 34.5 Å². The predicted molar refractivity (Wildman–Crippen MR) is 94.4 cm³/mol. The van der Waals surface area contributed by atoms with E-state index < -0.39 is 0 Å². The molecule has 23 heavy (non-hydrogen) atoms. The largest absolute Gasteiger partial charge is 0.382 e. The van der Waals surface area contributed by atoms with Gasteiger partial charge in [0.2, 0.25) is 0 Å². The van der Waals surface area contributed by atoms with E-state index in [0.29, 0.717) is 11.9 Å². The molecule has 0 radical (unpaired) electrons. The smallest absolute Gasteiger partial charge is 0.160 e. The molecule has 0 bridgehead atoms. The SMILES string of the molecule is CC1CCCCN1c1cc(-c2ccccc2)c2c(N)n[nH]c2n1. The zero-order valence-electron chi connectivity index (χ0n) is 13.3. The van der Waals surface area contributed by atoms with Gasteiger partial charge in [-0.1, -0.05) is 30.3 Å². The van der Waals surface area contributed by atoms with Gasteiger partial charge in [-0.3, -0.25) is 5.10 Å². The number of hydrogen-bond acceptors (Lipinski definition) is 4. The van der Waals surface area contributed by atoms with E-state index in [2.05, 4.69) is 40.2 Å². The summed E-state index contributed by atoms with van der Waals surface area (Å²) in [6.07, 6.45) is 3.73. The summed E-state index contributed by atoms with van der Waals surface area (Å²) >= 11 is 0. The van der Waals surface area contributed by atoms with Crippen LogP contribution in [0.2, 0.25) is 0 Å². The van der Waals surface area contributed by atoms with Crippen molar-refractivity contribution < 1.29 is 0 Å². The van der Waals surface area contributed by atoms with Gasteiger partial charge in [0.25, 0.3) is 0 Å². The molecule has 0 aliphatic carbocycles. The fraction of sp³-hybridized carbons (Fsp3) is 0.333. The van der Waals surface area contributed by atoms with Crippen molar-refractivity contribution in [1.82, 2.24) is 15.2 Å². The Hall–Kier alpha value is -2.56. The van der Waals surface area contributed by atoms with Gasteiger partial charge in [0.1, 0.15) is 5.82 Å². The first-order chi connectivity index (χ1) is 11.2. The summed E-state index contributed by atoms with van der Waals surface area (Å²) in [7, 11) is 0. The molecule has 1 aliphatic rings. The minimum atomic E-state index is 0.504. The Morgan fingerprint density at radius 3 is 2.83 bits per heavy atom. The van der Waals surface area contributed by atoms with Crippen LogP contribution in [0.25, 0.3) is 22.2 Å². The van der Waals surface area contributed by atoms with Gasteiger partial charge in [0, 0.05) is 18.2 Å². The van der Waals surface area contributed by atoms with Crippen molar-refractivity contribution in [1.29, 1.82) is 0 Å². The van der Waals surface area contributed by atoms with Gasteiger partial charge in [-0.05, 0) is 37.8 Å². The van der Waals surface area contributed by atoms with Crippen LogP contribution in [0.3, 0.4) is 0 Å². The molecule has 5 nitrogen and oxygen atoms in total. The highest BCUT2D eigenvalue weighted by Gasteiger charge is 2.22. The number of H-pyrrole nitrogens is 1. The van der Waals surface area contributed by atoms with Crippen molar-refractivity contribution in [3.05, 3.63) is 36.4 Å². The van der Waals surface area contributed by atoms with E-state index in [1.165, 1.54) is 19.3 Å². The lowest BCUT2D eigenvalue weighted by molar-refractivity contribution is 0.481. The minimum Gasteiger partial charge on any atom is -0.382 e. The third kappa shape index (κ3) is 2.42. The number of benzene rings is 1. The van der Waals surface area contributed by atoms with Crippen LogP contribution < -0.4 is 10.6 Å². The van der Waals surface area contributed by atoms with Crippen LogP contribution in [0.1, 0.15) is 26.2 Å². The van der Waals surface area contributed by atoms with Crippen LogP contribution >= 0.6 is 0 Å². The van der Waals surface area contributed by atoms with Crippen LogP contribution in [0.15, 0.2) is 36.4 Å². The summed E-state index contributed by atoms with van der Waals surface area (Å²) in [5, 5.41) is 8.05. The fourth-order valence-corrected chi connectivity index (χ4v) is 3.47. The molecule has 1 saturated heterocycles. The first kappa shape index (κ1) is 14.1. The van der Waals surface area contributed by atoms with Crippen LogP contribution in [0.5, 0.6) is 0 Å². The van der Waals surface area contributed by atoms with E-state index in [4.69, 9.17) is 10.7 Å². The lowest BCUT2D eigenvalue weighted by Gasteiger charge is -2.34. The van der Waals surface area contributed by atoms with E-state index in [9.17, 15) is 0 Å². The second-order valence-electron chi connectivity index (χ2n) is 6.26. The molecule has 1 atom stereocenters. The maximum absolute atomic E-state index is 6.07. The second kappa shape index (κ2) is 5.57. The van der Waals surface area contributed by atoms with Crippen molar-refractivity contribution in [3.8, 4) is 11.1 Å². The average Bonchev–Trinajstić information content (AvgIpc) is 2.96. The fourth-order valence-electron chi connectivity index (χ4n) is 3.47. The predicted octanol–water partition coefficient (Wildman–Crippen LogP) is 3.59. The molecule has 0 spiro atoms. The molecule has 5 heteroatoms. The van der Waals surface area contributed by atoms with Gasteiger partial charge in [0.15, 0.2) is 11.5 Å². The number of nitrogens with two attached hydrogens (primary N) is 1. The highest BCUT2D eigenvalue weighted by Crippen LogP contribution is 2.35. The van der Waals surface area contributed by atoms with Crippen molar-refractivity contribution >= 4 is 22.7 Å². The number of nitrogen functional groups attached to an aromatic ring is 1. The third-order valence-corrected chi connectivity index (χ3v) is 4.73. The number of piperidine rings is 1. The number of pyridine rings is 1. The zero-order chi connectivity index (χ0) is 15.8. The molecule has 3 aromatic rings. The normalized spacial score (nSPS) is 18.5. The van der Waals surface area contributed by atoms with Gasteiger partial charge in [-0.2, -0.15) is 5.10 Å². The lowest BCUT2D eigenvalue weighted by Crippen LogP contribution is -2.38. The molecule has 1 unspecified atom stereocenters. The molecule has 2 aromatic heterocycles.